The number of hydrogen-bond acceptors (Lipinski definition) is 2. The predicted octanol–water partition coefficient (Wildman–Crippen LogP) is 0.518. The fourth-order valence-electron chi connectivity index (χ4n) is 0.992. The van der Waals surface area contributed by atoms with Gasteiger partial charge in [-0.2, -0.15) is 5.26 Å². The molecule has 60 valence electrons. The van der Waals surface area contributed by atoms with Gasteiger partial charge in [-0.05, 0) is 19.3 Å². The monoisotopic (exact) mass is 156 g/mol. The fraction of sp³-hybridized carbons (Fsp3) is 0.714. The molecule has 3 nitrogen and oxygen atoms in total. The van der Waals surface area contributed by atoms with Crippen molar-refractivity contribution in [3.05, 3.63) is 0 Å². The van der Waals surface area contributed by atoms with Crippen molar-refractivity contribution < 1.29 is 9.18 Å². The van der Waals surface area contributed by atoms with Gasteiger partial charge in [0.25, 0.3) is 5.91 Å². The van der Waals surface area contributed by atoms with Crippen LogP contribution in [-0.4, -0.2) is 18.1 Å². The molecule has 0 heterocycles. The fourth-order valence-corrected chi connectivity index (χ4v) is 0.992. The molecule has 1 saturated carbocycles. The van der Waals surface area contributed by atoms with Crippen LogP contribution in [0.1, 0.15) is 19.3 Å². The van der Waals surface area contributed by atoms with Gasteiger partial charge in [0, 0.05) is 0 Å². The Morgan fingerprint density at radius 2 is 2.36 bits per heavy atom. The molecule has 0 aliphatic heterocycles. The zero-order chi connectivity index (χ0) is 8.32. The van der Waals surface area contributed by atoms with Crippen LogP contribution in [-0.2, 0) is 4.79 Å². The van der Waals surface area contributed by atoms with Gasteiger partial charge in [0.05, 0.1) is 6.07 Å². The first-order valence-electron chi connectivity index (χ1n) is 3.53. The molecule has 0 saturated heterocycles. The van der Waals surface area contributed by atoms with Crippen LogP contribution in [0.3, 0.4) is 0 Å². The molecule has 0 aromatic heterocycles. The van der Waals surface area contributed by atoms with E-state index in [1.165, 1.54) is 0 Å². The van der Waals surface area contributed by atoms with E-state index >= 15 is 0 Å². The summed E-state index contributed by atoms with van der Waals surface area (Å²) in [7, 11) is 0. The summed E-state index contributed by atoms with van der Waals surface area (Å²) in [6.07, 6.45) is 1.35. The van der Waals surface area contributed by atoms with Crippen LogP contribution < -0.4 is 5.32 Å². The standard InChI is InChI=1S/C7H9FN2O/c8-7(2-1-3-7)6(11)10-5-4-9/h1-3,5H2,(H,10,11). The lowest BCUT2D eigenvalue weighted by Crippen LogP contribution is -2.48. The van der Waals surface area contributed by atoms with Crippen molar-refractivity contribution in [2.75, 3.05) is 6.54 Å². The average molecular weight is 156 g/mol. The first-order valence-corrected chi connectivity index (χ1v) is 3.53. The Bertz CT molecular complexity index is 205. The second-order valence-corrected chi connectivity index (χ2v) is 2.66. The van der Waals surface area contributed by atoms with E-state index in [-0.39, 0.29) is 6.54 Å². The topological polar surface area (TPSA) is 52.9 Å². The second kappa shape index (κ2) is 2.87. The molecule has 0 bridgehead atoms. The average Bonchev–Trinajstić information content (AvgIpc) is 1.95. The maximum atomic E-state index is 13.1. The van der Waals surface area contributed by atoms with Gasteiger partial charge in [0.1, 0.15) is 6.54 Å². The van der Waals surface area contributed by atoms with Gasteiger partial charge in [-0.15, -0.1) is 0 Å². The molecular weight excluding hydrogens is 147 g/mol. The lowest BCUT2D eigenvalue weighted by molar-refractivity contribution is -0.138. The molecule has 0 aromatic rings. The summed E-state index contributed by atoms with van der Waals surface area (Å²) < 4.78 is 13.1. The van der Waals surface area contributed by atoms with Gasteiger partial charge in [-0.3, -0.25) is 4.79 Å². The van der Waals surface area contributed by atoms with Gasteiger partial charge in [-0.25, -0.2) is 4.39 Å². The third-order valence-corrected chi connectivity index (χ3v) is 1.88. The minimum Gasteiger partial charge on any atom is -0.340 e. The van der Waals surface area contributed by atoms with Crippen molar-refractivity contribution in [2.24, 2.45) is 0 Å². The molecule has 1 amide bonds. The highest BCUT2D eigenvalue weighted by molar-refractivity contribution is 5.86. The lowest BCUT2D eigenvalue weighted by atomic mass is 9.81. The number of alkyl halides is 1. The third-order valence-electron chi connectivity index (χ3n) is 1.88. The van der Waals surface area contributed by atoms with Gasteiger partial charge in [0.15, 0.2) is 5.67 Å². The van der Waals surface area contributed by atoms with Crippen molar-refractivity contribution in [3.8, 4) is 6.07 Å². The van der Waals surface area contributed by atoms with E-state index in [4.69, 9.17) is 5.26 Å². The molecule has 0 atom stereocenters. The number of carbonyl (C=O) groups excluding carboxylic acids is 1. The highest BCUT2D eigenvalue weighted by Crippen LogP contribution is 2.35. The van der Waals surface area contributed by atoms with Crippen molar-refractivity contribution in [2.45, 2.75) is 24.9 Å². The first kappa shape index (κ1) is 7.99. The normalized spacial score (nSPS) is 19.6. The largest absolute Gasteiger partial charge is 0.340 e. The molecule has 1 aliphatic rings. The number of nitrogens with one attached hydrogen (secondary N) is 1. The van der Waals surface area contributed by atoms with Crippen LogP contribution in [0.25, 0.3) is 0 Å². The number of hydrogen-bond donors (Lipinski definition) is 1. The van der Waals surface area contributed by atoms with Crippen LogP contribution in [0.2, 0.25) is 0 Å². The van der Waals surface area contributed by atoms with E-state index in [0.29, 0.717) is 12.8 Å². The molecule has 1 fully saturated rings. The van der Waals surface area contributed by atoms with E-state index in [1.807, 2.05) is 0 Å². The van der Waals surface area contributed by atoms with Gasteiger partial charge in [-0.1, -0.05) is 0 Å². The van der Waals surface area contributed by atoms with Crippen molar-refractivity contribution >= 4 is 5.91 Å². The first-order chi connectivity index (χ1) is 5.19. The Hall–Kier alpha value is -1.11. The van der Waals surface area contributed by atoms with Crippen molar-refractivity contribution in [3.63, 3.8) is 0 Å². The Labute approximate surface area is 64.2 Å². The molecule has 11 heavy (non-hydrogen) atoms. The highest BCUT2D eigenvalue weighted by atomic mass is 19.1. The number of amides is 1. The smallest absolute Gasteiger partial charge is 0.258 e. The second-order valence-electron chi connectivity index (χ2n) is 2.66. The van der Waals surface area contributed by atoms with Gasteiger partial charge >= 0.3 is 0 Å². The zero-order valence-corrected chi connectivity index (χ0v) is 6.06. The molecule has 0 spiro atoms. The highest BCUT2D eigenvalue weighted by Gasteiger charge is 2.44. The Balaban J connectivity index is 2.36. The van der Waals surface area contributed by atoms with E-state index < -0.39 is 11.6 Å². The van der Waals surface area contributed by atoms with Crippen molar-refractivity contribution in [1.82, 2.24) is 5.32 Å². The summed E-state index contributed by atoms with van der Waals surface area (Å²) in [6, 6.07) is 1.72. The molecule has 1 rings (SSSR count). The molecule has 1 N–H and O–H groups in total. The van der Waals surface area contributed by atoms with Crippen LogP contribution in [0.15, 0.2) is 0 Å². The Morgan fingerprint density at radius 3 is 2.73 bits per heavy atom. The summed E-state index contributed by atoms with van der Waals surface area (Å²) in [4.78, 5) is 10.9. The SMILES string of the molecule is N#CCNC(=O)C1(F)CCC1. The maximum absolute atomic E-state index is 13.1. The van der Waals surface area contributed by atoms with Crippen LogP contribution in [0.4, 0.5) is 4.39 Å². The summed E-state index contributed by atoms with van der Waals surface area (Å²) >= 11 is 0. The summed E-state index contributed by atoms with van der Waals surface area (Å²) in [5.74, 6) is -0.634. The van der Waals surface area contributed by atoms with Gasteiger partial charge in [0.2, 0.25) is 0 Å². The molecule has 0 radical (unpaired) electrons. The van der Waals surface area contributed by atoms with Crippen molar-refractivity contribution in [1.29, 1.82) is 5.26 Å². The van der Waals surface area contributed by atoms with Crippen LogP contribution in [0.5, 0.6) is 0 Å². The third kappa shape index (κ3) is 1.48. The predicted molar refractivity (Wildman–Crippen MR) is 36.3 cm³/mol. The number of carbonyl (C=O) groups is 1. The van der Waals surface area contributed by atoms with E-state index in [0.717, 1.165) is 6.42 Å². The molecule has 1 aliphatic carbocycles. The lowest BCUT2D eigenvalue weighted by Gasteiger charge is -2.31. The number of nitriles is 1. The molecule has 4 heteroatoms. The minimum absolute atomic E-state index is 0.107. The van der Waals surface area contributed by atoms with E-state index in [2.05, 4.69) is 5.32 Å². The number of nitrogens with zero attached hydrogens (tertiary/aromatic N) is 1. The molecular formula is C7H9FN2O. The number of halogens is 1. The minimum atomic E-state index is -1.67. The molecule has 0 unspecified atom stereocenters. The van der Waals surface area contributed by atoms with Crippen LogP contribution >= 0.6 is 0 Å². The Kier molecular flexibility index (Phi) is 2.08. The summed E-state index contributed by atoms with van der Waals surface area (Å²) in [6.45, 7) is -0.107. The summed E-state index contributed by atoms with van der Waals surface area (Å²) in [5.41, 5.74) is -1.67. The maximum Gasteiger partial charge on any atom is 0.258 e. The molecule has 0 aromatic carbocycles. The summed E-state index contributed by atoms with van der Waals surface area (Å²) in [5, 5.41) is 10.3. The number of rotatable bonds is 2. The van der Waals surface area contributed by atoms with Crippen LogP contribution in [0, 0.1) is 11.3 Å². The van der Waals surface area contributed by atoms with Gasteiger partial charge < -0.3 is 5.32 Å². The zero-order valence-electron chi connectivity index (χ0n) is 6.06. The quantitative estimate of drug-likeness (QED) is 0.592. The Morgan fingerprint density at radius 1 is 1.73 bits per heavy atom. The van der Waals surface area contributed by atoms with E-state index in [1.54, 1.807) is 6.07 Å². The van der Waals surface area contributed by atoms with E-state index in [9.17, 15) is 9.18 Å².